The van der Waals surface area contributed by atoms with Crippen molar-refractivity contribution in [2.75, 3.05) is 0 Å². The molecule has 4 heteroatoms. The quantitative estimate of drug-likeness (QED) is 0.911. The van der Waals surface area contributed by atoms with Crippen LogP contribution >= 0.6 is 0 Å². The zero-order valence-corrected chi connectivity index (χ0v) is 14.0. The number of aryl methyl sites for hydroxylation is 2. The van der Waals surface area contributed by atoms with E-state index in [4.69, 9.17) is 0 Å². The molecule has 20 heavy (non-hydrogen) atoms. The van der Waals surface area contributed by atoms with E-state index in [0.717, 1.165) is 16.7 Å². The molecular weight excluding hydrogens is 270 g/mol. The molecule has 1 N–H and O–H groups in total. The van der Waals surface area contributed by atoms with Gasteiger partial charge in [0.2, 0.25) is 0 Å². The Labute approximate surface area is 122 Å². The number of rotatable bonds is 2. The molecule has 0 fully saturated rings. The van der Waals surface area contributed by atoms with Crippen molar-refractivity contribution < 1.29 is 8.42 Å². The summed E-state index contributed by atoms with van der Waals surface area (Å²) in [5.74, 6) is 0.0667. The van der Waals surface area contributed by atoms with Crippen molar-refractivity contribution in [3.8, 4) is 0 Å². The fourth-order valence-corrected chi connectivity index (χ4v) is 4.92. The monoisotopic (exact) mass is 295 g/mol. The van der Waals surface area contributed by atoms with Crippen LogP contribution in [0.2, 0.25) is 0 Å². The summed E-state index contributed by atoms with van der Waals surface area (Å²) in [6.45, 7) is 12.1. The highest BCUT2D eigenvalue weighted by molar-refractivity contribution is 7.92. The summed E-state index contributed by atoms with van der Waals surface area (Å²) in [5, 5.41) is 3.18. The first-order valence-electron chi connectivity index (χ1n) is 7.27. The maximum Gasteiger partial charge on any atom is 0.181 e. The van der Waals surface area contributed by atoms with Gasteiger partial charge in [-0.05, 0) is 49.4 Å². The lowest BCUT2D eigenvalue weighted by Crippen LogP contribution is -2.43. The van der Waals surface area contributed by atoms with Gasteiger partial charge in [-0.15, -0.1) is 0 Å². The number of hydrogen-bond donors (Lipinski definition) is 1. The van der Waals surface area contributed by atoms with Crippen molar-refractivity contribution >= 4 is 9.84 Å². The second-order valence-corrected chi connectivity index (χ2v) is 8.66. The zero-order chi connectivity index (χ0) is 15.2. The van der Waals surface area contributed by atoms with Crippen molar-refractivity contribution in [3.05, 3.63) is 28.8 Å². The summed E-state index contributed by atoms with van der Waals surface area (Å²) in [6, 6.07) is 4.31. The molecule has 112 valence electrons. The van der Waals surface area contributed by atoms with Crippen LogP contribution in [-0.4, -0.2) is 19.7 Å². The molecular formula is C16H25NO2S. The molecule has 1 heterocycles. The van der Waals surface area contributed by atoms with Crippen molar-refractivity contribution in [1.29, 1.82) is 0 Å². The summed E-state index contributed by atoms with van der Waals surface area (Å²) in [5.41, 5.74) is 3.13. The number of sulfone groups is 1. The molecule has 2 rings (SSSR count). The molecule has 0 aliphatic carbocycles. The fraction of sp³-hybridized carbons (Fsp3) is 0.625. The molecule has 1 aliphatic rings. The van der Waals surface area contributed by atoms with Crippen LogP contribution in [0.15, 0.2) is 17.0 Å². The van der Waals surface area contributed by atoms with Gasteiger partial charge in [0.15, 0.2) is 9.84 Å². The highest BCUT2D eigenvalue weighted by atomic mass is 32.2. The Hall–Kier alpha value is -0.870. The average Bonchev–Trinajstić information content (AvgIpc) is 2.35. The summed E-state index contributed by atoms with van der Waals surface area (Å²) in [7, 11) is -3.22. The van der Waals surface area contributed by atoms with Crippen molar-refractivity contribution in [3.63, 3.8) is 0 Å². The normalized spacial score (nSPS) is 28.4. The molecule has 0 saturated heterocycles. The fourth-order valence-electron chi connectivity index (χ4n) is 2.94. The van der Waals surface area contributed by atoms with Gasteiger partial charge in [0.1, 0.15) is 0 Å². The molecule has 1 aromatic rings. The first-order valence-corrected chi connectivity index (χ1v) is 8.82. The van der Waals surface area contributed by atoms with E-state index in [1.165, 1.54) is 0 Å². The van der Waals surface area contributed by atoms with E-state index >= 15 is 0 Å². The van der Waals surface area contributed by atoms with Crippen LogP contribution < -0.4 is 5.32 Å². The minimum absolute atomic E-state index is 0.0667. The molecule has 1 aliphatic heterocycles. The lowest BCUT2D eigenvalue weighted by Gasteiger charge is -2.37. The van der Waals surface area contributed by atoms with Crippen LogP contribution in [0.25, 0.3) is 0 Å². The van der Waals surface area contributed by atoms with E-state index in [2.05, 4.69) is 19.2 Å². The molecule has 0 radical (unpaired) electrons. The lowest BCUT2D eigenvalue weighted by atomic mass is 9.89. The van der Waals surface area contributed by atoms with Crippen LogP contribution in [0.1, 0.15) is 50.4 Å². The number of benzene rings is 1. The second-order valence-electron chi connectivity index (χ2n) is 6.38. The van der Waals surface area contributed by atoms with Crippen LogP contribution in [0.3, 0.4) is 0 Å². The average molecular weight is 295 g/mol. The van der Waals surface area contributed by atoms with Gasteiger partial charge in [0.25, 0.3) is 0 Å². The van der Waals surface area contributed by atoms with Crippen LogP contribution in [-0.2, 0) is 9.84 Å². The third-order valence-electron chi connectivity index (χ3n) is 4.54. The van der Waals surface area contributed by atoms with Crippen molar-refractivity contribution in [1.82, 2.24) is 5.32 Å². The summed E-state index contributed by atoms with van der Waals surface area (Å²) in [6.07, 6.45) is 0. The summed E-state index contributed by atoms with van der Waals surface area (Å²) >= 11 is 0. The third-order valence-corrected chi connectivity index (χ3v) is 6.91. The molecule has 0 bridgehead atoms. The van der Waals surface area contributed by atoms with Crippen LogP contribution in [0, 0.1) is 19.8 Å². The molecule has 0 aromatic heterocycles. The Balaban J connectivity index is 2.68. The number of nitrogens with one attached hydrogen (secondary N) is 1. The predicted octanol–water partition coefficient (Wildman–Crippen LogP) is 3.15. The zero-order valence-electron chi connectivity index (χ0n) is 13.2. The first kappa shape index (κ1) is 15.5. The van der Waals surface area contributed by atoms with Gasteiger partial charge in [-0.2, -0.15) is 0 Å². The highest BCUT2D eigenvalue weighted by Gasteiger charge is 2.41. The highest BCUT2D eigenvalue weighted by Crippen LogP contribution is 2.41. The molecule has 0 spiro atoms. The number of hydrogen-bond acceptors (Lipinski definition) is 3. The topological polar surface area (TPSA) is 46.2 Å². The standard InChI is InChI=1S/C16H25NO2S/c1-9(2)17-16-12(5)13(6)20(18,19)15-8-11(4)10(3)7-14(15)16/h7-9,12-13,16-17H,1-6H3. The maximum absolute atomic E-state index is 12.7. The molecule has 0 amide bonds. The van der Waals surface area contributed by atoms with Gasteiger partial charge >= 0.3 is 0 Å². The Bertz CT molecular complexity index is 620. The van der Waals surface area contributed by atoms with E-state index in [1.54, 1.807) is 0 Å². The smallest absolute Gasteiger partial charge is 0.181 e. The molecule has 1 aromatic carbocycles. The SMILES string of the molecule is Cc1cc2c(cc1C)S(=O)(=O)C(C)C(C)C2NC(C)C. The van der Waals surface area contributed by atoms with E-state index in [-0.39, 0.29) is 17.2 Å². The molecule has 3 nitrogen and oxygen atoms in total. The van der Waals surface area contributed by atoms with Crippen molar-refractivity contribution in [2.24, 2.45) is 5.92 Å². The van der Waals surface area contributed by atoms with Crippen LogP contribution in [0.5, 0.6) is 0 Å². The summed E-state index contributed by atoms with van der Waals surface area (Å²) in [4.78, 5) is 0.518. The van der Waals surface area contributed by atoms with E-state index < -0.39 is 9.84 Å². The van der Waals surface area contributed by atoms with E-state index in [0.29, 0.717) is 10.9 Å². The van der Waals surface area contributed by atoms with E-state index in [1.807, 2.05) is 39.8 Å². The van der Waals surface area contributed by atoms with Gasteiger partial charge < -0.3 is 5.32 Å². The predicted molar refractivity (Wildman–Crippen MR) is 82.7 cm³/mol. The third kappa shape index (κ3) is 2.40. The minimum atomic E-state index is -3.22. The molecule has 0 saturated carbocycles. The van der Waals surface area contributed by atoms with Crippen molar-refractivity contribution in [2.45, 2.75) is 63.8 Å². The summed E-state index contributed by atoms with van der Waals surface area (Å²) < 4.78 is 25.4. The Morgan fingerprint density at radius 2 is 1.65 bits per heavy atom. The van der Waals surface area contributed by atoms with Gasteiger partial charge in [0.05, 0.1) is 10.1 Å². The van der Waals surface area contributed by atoms with Gasteiger partial charge in [-0.3, -0.25) is 0 Å². The largest absolute Gasteiger partial charge is 0.307 e. The lowest BCUT2D eigenvalue weighted by molar-refractivity contribution is 0.336. The first-order chi connectivity index (χ1) is 9.16. The Morgan fingerprint density at radius 1 is 1.10 bits per heavy atom. The maximum atomic E-state index is 12.7. The second kappa shape index (κ2) is 5.15. The van der Waals surface area contributed by atoms with Gasteiger partial charge in [-0.25, -0.2) is 8.42 Å². The van der Waals surface area contributed by atoms with Crippen LogP contribution in [0.4, 0.5) is 0 Å². The number of fused-ring (bicyclic) bond motifs is 1. The minimum Gasteiger partial charge on any atom is -0.307 e. The Kier molecular flexibility index (Phi) is 4.00. The Morgan fingerprint density at radius 3 is 2.20 bits per heavy atom. The molecule has 3 unspecified atom stereocenters. The van der Waals surface area contributed by atoms with Gasteiger partial charge in [0, 0.05) is 12.1 Å². The van der Waals surface area contributed by atoms with E-state index in [9.17, 15) is 8.42 Å². The molecule has 3 atom stereocenters. The van der Waals surface area contributed by atoms with Gasteiger partial charge in [-0.1, -0.05) is 26.8 Å².